The SMILES string of the molecule is COc1ccc(Cc2nnc(SC3C=CCCC3)o2)cc1OC. The fourth-order valence-corrected chi connectivity index (χ4v) is 3.50. The van der Waals surface area contributed by atoms with Gasteiger partial charge in [-0.3, -0.25) is 0 Å². The van der Waals surface area contributed by atoms with Gasteiger partial charge in [0.25, 0.3) is 5.22 Å². The van der Waals surface area contributed by atoms with Crippen molar-refractivity contribution >= 4 is 11.8 Å². The summed E-state index contributed by atoms with van der Waals surface area (Å²) in [6, 6.07) is 5.79. The molecule has 1 unspecified atom stereocenters. The number of allylic oxidation sites excluding steroid dienone is 1. The van der Waals surface area contributed by atoms with E-state index in [0.29, 0.717) is 34.3 Å². The Morgan fingerprint density at radius 1 is 1.22 bits per heavy atom. The Labute approximate surface area is 140 Å². The molecule has 122 valence electrons. The molecule has 1 aliphatic carbocycles. The monoisotopic (exact) mass is 332 g/mol. The molecule has 2 aromatic rings. The molecule has 0 amide bonds. The van der Waals surface area contributed by atoms with Crippen LogP contribution in [0.25, 0.3) is 0 Å². The summed E-state index contributed by atoms with van der Waals surface area (Å²) in [4.78, 5) is 0. The van der Waals surface area contributed by atoms with Crippen molar-refractivity contribution in [2.45, 2.75) is 36.2 Å². The van der Waals surface area contributed by atoms with Gasteiger partial charge in [0.1, 0.15) is 0 Å². The van der Waals surface area contributed by atoms with Crippen LogP contribution in [0.4, 0.5) is 0 Å². The predicted molar refractivity (Wildman–Crippen MR) is 89.3 cm³/mol. The Kier molecular flexibility index (Phi) is 5.23. The molecule has 1 aliphatic rings. The predicted octanol–water partition coefficient (Wildman–Crippen LogP) is 3.88. The first-order valence-electron chi connectivity index (χ1n) is 7.65. The number of hydrogen-bond acceptors (Lipinski definition) is 6. The first kappa shape index (κ1) is 15.9. The van der Waals surface area contributed by atoms with E-state index in [1.807, 2.05) is 18.2 Å². The summed E-state index contributed by atoms with van der Waals surface area (Å²) in [5.41, 5.74) is 1.04. The third kappa shape index (κ3) is 4.07. The van der Waals surface area contributed by atoms with Gasteiger partial charge in [-0.2, -0.15) is 0 Å². The van der Waals surface area contributed by atoms with Crippen LogP contribution in [0.3, 0.4) is 0 Å². The lowest BCUT2D eigenvalue weighted by atomic mass is 10.1. The third-order valence-corrected chi connectivity index (χ3v) is 4.78. The molecule has 5 nitrogen and oxygen atoms in total. The molecule has 1 heterocycles. The molecule has 0 spiro atoms. The van der Waals surface area contributed by atoms with E-state index in [2.05, 4.69) is 22.3 Å². The summed E-state index contributed by atoms with van der Waals surface area (Å²) in [5, 5.41) is 9.36. The number of ether oxygens (including phenoxy) is 2. The molecule has 1 aromatic heterocycles. The number of hydrogen-bond donors (Lipinski definition) is 0. The van der Waals surface area contributed by atoms with Crippen LogP contribution < -0.4 is 9.47 Å². The zero-order valence-electron chi connectivity index (χ0n) is 13.3. The van der Waals surface area contributed by atoms with E-state index in [4.69, 9.17) is 13.9 Å². The van der Waals surface area contributed by atoms with Gasteiger partial charge < -0.3 is 13.9 Å². The lowest BCUT2D eigenvalue weighted by Gasteiger charge is -2.12. The van der Waals surface area contributed by atoms with Crippen LogP contribution in [0.15, 0.2) is 40.0 Å². The summed E-state index contributed by atoms with van der Waals surface area (Å²) in [6.07, 6.45) is 8.59. The molecule has 6 heteroatoms. The van der Waals surface area contributed by atoms with Crippen molar-refractivity contribution in [2.75, 3.05) is 14.2 Å². The van der Waals surface area contributed by atoms with Crippen molar-refractivity contribution in [2.24, 2.45) is 0 Å². The highest BCUT2D eigenvalue weighted by Gasteiger charge is 2.15. The number of methoxy groups -OCH3 is 2. The van der Waals surface area contributed by atoms with Gasteiger partial charge in [0, 0.05) is 5.25 Å². The van der Waals surface area contributed by atoms with E-state index < -0.39 is 0 Å². The van der Waals surface area contributed by atoms with Crippen LogP contribution in [0.5, 0.6) is 11.5 Å². The van der Waals surface area contributed by atoms with Crippen LogP contribution in [-0.2, 0) is 6.42 Å². The Bertz CT molecular complexity index is 684. The summed E-state index contributed by atoms with van der Waals surface area (Å²) >= 11 is 1.64. The number of aromatic nitrogens is 2. The molecule has 23 heavy (non-hydrogen) atoms. The Morgan fingerprint density at radius 2 is 2.09 bits per heavy atom. The molecule has 0 saturated heterocycles. The van der Waals surface area contributed by atoms with Crippen molar-refractivity contribution in [1.82, 2.24) is 10.2 Å². The Morgan fingerprint density at radius 3 is 2.83 bits per heavy atom. The second-order valence-electron chi connectivity index (χ2n) is 5.34. The normalized spacial score (nSPS) is 17.2. The standard InChI is InChI=1S/C17H20N2O3S/c1-20-14-9-8-12(10-15(14)21-2)11-16-18-19-17(22-16)23-13-6-4-3-5-7-13/h4,6,8-10,13H,3,5,7,11H2,1-2H3. The highest BCUT2D eigenvalue weighted by molar-refractivity contribution is 7.99. The van der Waals surface area contributed by atoms with Gasteiger partial charge in [-0.1, -0.05) is 30.0 Å². The number of rotatable bonds is 6. The maximum Gasteiger partial charge on any atom is 0.277 e. The quantitative estimate of drug-likeness (QED) is 0.748. The molecular weight excluding hydrogens is 312 g/mol. The van der Waals surface area contributed by atoms with Crippen LogP contribution in [-0.4, -0.2) is 29.7 Å². The number of thioether (sulfide) groups is 1. The third-order valence-electron chi connectivity index (χ3n) is 3.71. The number of nitrogens with zero attached hydrogens (tertiary/aromatic N) is 2. The molecule has 0 fully saturated rings. The lowest BCUT2D eigenvalue weighted by Crippen LogP contribution is -2.01. The van der Waals surface area contributed by atoms with Crippen LogP contribution in [0, 0.1) is 0 Å². The van der Waals surface area contributed by atoms with Gasteiger partial charge in [-0.15, -0.1) is 10.2 Å². The fraction of sp³-hybridized carbons (Fsp3) is 0.412. The topological polar surface area (TPSA) is 57.4 Å². The van der Waals surface area contributed by atoms with Crippen molar-refractivity contribution in [1.29, 1.82) is 0 Å². The zero-order chi connectivity index (χ0) is 16.1. The first-order valence-corrected chi connectivity index (χ1v) is 8.53. The molecule has 0 radical (unpaired) electrons. The van der Waals surface area contributed by atoms with Crippen LogP contribution in [0.2, 0.25) is 0 Å². The van der Waals surface area contributed by atoms with E-state index >= 15 is 0 Å². The maximum absolute atomic E-state index is 5.76. The van der Waals surface area contributed by atoms with E-state index in [1.54, 1.807) is 26.0 Å². The zero-order valence-corrected chi connectivity index (χ0v) is 14.1. The molecule has 0 aliphatic heterocycles. The molecule has 1 atom stereocenters. The molecule has 0 bridgehead atoms. The van der Waals surface area contributed by atoms with Gasteiger partial charge in [0.05, 0.1) is 20.6 Å². The van der Waals surface area contributed by atoms with Crippen molar-refractivity contribution in [3.63, 3.8) is 0 Å². The summed E-state index contributed by atoms with van der Waals surface area (Å²) in [6.45, 7) is 0. The largest absolute Gasteiger partial charge is 0.493 e. The minimum absolute atomic E-state index is 0.443. The summed E-state index contributed by atoms with van der Waals surface area (Å²) in [5.74, 6) is 2.02. The lowest BCUT2D eigenvalue weighted by molar-refractivity contribution is 0.354. The minimum Gasteiger partial charge on any atom is -0.493 e. The van der Waals surface area contributed by atoms with E-state index in [0.717, 1.165) is 12.0 Å². The average Bonchev–Trinajstić information content (AvgIpc) is 3.02. The molecule has 0 saturated carbocycles. The van der Waals surface area contributed by atoms with Crippen LogP contribution in [0.1, 0.15) is 30.7 Å². The fourth-order valence-electron chi connectivity index (χ4n) is 2.53. The summed E-state index contributed by atoms with van der Waals surface area (Å²) in [7, 11) is 3.25. The van der Waals surface area contributed by atoms with E-state index in [-0.39, 0.29) is 0 Å². The van der Waals surface area contributed by atoms with E-state index in [9.17, 15) is 0 Å². The molecular formula is C17H20N2O3S. The van der Waals surface area contributed by atoms with Gasteiger partial charge in [-0.05, 0) is 37.0 Å². The van der Waals surface area contributed by atoms with Crippen molar-refractivity contribution in [3.05, 3.63) is 41.8 Å². The first-order chi connectivity index (χ1) is 11.3. The second-order valence-corrected chi connectivity index (χ2v) is 6.53. The summed E-state index contributed by atoms with van der Waals surface area (Å²) < 4.78 is 16.3. The number of benzene rings is 1. The molecule has 3 rings (SSSR count). The van der Waals surface area contributed by atoms with Gasteiger partial charge in [0.2, 0.25) is 5.89 Å². The highest BCUT2D eigenvalue weighted by Crippen LogP contribution is 2.31. The average molecular weight is 332 g/mol. The van der Waals surface area contributed by atoms with Gasteiger partial charge in [-0.25, -0.2) is 0 Å². The Hall–Kier alpha value is -1.95. The molecule has 0 N–H and O–H groups in total. The second kappa shape index (κ2) is 7.55. The van der Waals surface area contributed by atoms with Gasteiger partial charge >= 0.3 is 0 Å². The van der Waals surface area contributed by atoms with Gasteiger partial charge in [0.15, 0.2) is 11.5 Å². The highest BCUT2D eigenvalue weighted by atomic mass is 32.2. The van der Waals surface area contributed by atoms with Crippen molar-refractivity contribution in [3.8, 4) is 11.5 Å². The van der Waals surface area contributed by atoms with Crippen LogP contribution >= 0.6 is 11.8 Å². The minimum atomic E-state index is 0.443. The maximum atomic E-state index is 5.76. The van der Waals surface area contributed by atoms with Crippen molar-refractivity contribution < 1.29 is 13.9 Å². The Balaban J connectivity index is 1.66. The smallest absolute Gasteiger partial charge is 0.277 e. The molecule has 1 aromatic carbocycles. The van der Waals surface area contributed by atoms with E-state index in [1.165, 1.54) is 12.8 Å².